The SMILES string of the molecule is CC[C@@H](C)NC(=O)[C@@H](Cc1ccccc1)N(Cc1ccccc1Cl)C(=O)CSc1ccc(Cl)cc1. The van der Waals surface area contributed by atoms with Crippen molar-refractivity contribution in [2.75, 3.05) is 5.75 Å². The number of amides is 2. The van der Waals surface area contributed by atoms with Crippen molar-refractivity contribution in [3.63, 3.8) is 0 Å². The molecule has 0 aliphatic carbocycles. The van der Waals surface area contributed by atoms with Gasteiger partial charge >= 0.3 is 0 Å². The highest BCUT2D eigenvalue weighted by Gasteiger charge is 2.31. The molecule has 0 heterocycles. The van der Waals surface area contributed by atoms with Gasteiger partial charge in [0.25, 0.3) is 0 Å². The fourth-order valence-corrected chi connectivity index (χ4v) is 4.67. The van der Waals surface area contributed by atoms with Crippen molar-refractivity contribution in [3.8, 4) is 0 Å². The molecule has 0 unspecified atom stereocenters. The first-order valence-electron chi connectivity index (χ1n) is 11.6. The normalized spacial score (nSPS) is 12.6. The van der Waals surface area contributed by atoms with Crippen molar-refractivity contribution in [3.05, 3.63) is 100 Å². The molecule has 1 N–H and O–H groups in total. The van der Waals surface area contributed by atoms with E-state index in [0.29, 0.717) is 16.5 Å². The Morgan fingerprint density at radius 2 is 1.60 bits per heavy atom. The van der Waals surface area contributed by atoms with E-state index < -0.39 is 6.04 Å². The molecule has 3 aromatic rings. The van der Waals surface area contributed by atoms with Gasteiger partial charge in [0.2, 0.25) is 11.8 Å². The summed E-state index contributed by atoms with van der Waals surface area (Å²) in [7, 11) is 0. The molecule has 0 radical (unpaired) electrons. The first-order valence-corrected chi connectivity index (χ1v) is 13.4. The highest BCUT2D eigenvalue weighted by Crippen LogP contribution is 2.24. The fourth-order valence-electron chi connectivity index (χ4n) is 3.56. The summed E-state index contributed by atoms with van der Waals surface area (Å²) in [5, 5.41) is 4.29. The molecule has 7 heteroatoms. The van der Waals surface area contributed by atoms with E-state index in [1.807, 2.05) is 74.5 Å². The minimum atomic E-state index is -0.680. The molecule has 3 aromatic carbocycles. The predicted octanol–water partition coefficient (Wildman–Crippen LogP) is 6.64. The Balaban J connectivity index is 1.91. The summed E-state index contributed by atoms with van der Waals surface area (Å²) >= 11 is 13.9. The maximum atomic E-state index is 13.6. The van der Waals surface area contributed by atoms with Crippen LogP contribution in [0, 0.1) is 0 Å². The van der Waals surface area contributed by atoms with Gasteiger partial charge in [0.1, 0.15) is 6.04 Å². The van der Waals surface area contributed by atoms with Crippen molar-refractivity contribution in [1.82, 2.24) is 10.2 Å². The zero-order valence-electron chi connectivity index (χ0n) is 19.9. The van der Waals surface area contributed by atoms with E-state index in [1.165, 1.54) is 11.8 Å². The Bertz CT molecular complexity index is 1110. The van der Waals surface area contributed by atoms with Gasteiger partial charge in [-0.05, 0) is 54.8 Å². The number of hydrogen-bond donors (Lipinski definition) is 1. The maximum Gasteiger partial charge on any atom is 0.243 e. The minimum absolute atomic E-state index is 0.00137. The van der Waals surface area contributed by atoms with Crippen LogP contribution in [0.25, 0.3) is 0 Å². The number of benzene rings is 3. The smallest absolute Gasteiger partial charge is 0.243 e. The highest BCUT2D eigenvalue weighted by molar-refractivity contribution is 8.00. The van der Waals surface area contributed by atoms with Crippen molar-refractivity contribution < 1.29 is 9.59 Å². The van der Waals surface area contributed by atoms with Crippen molar-refractivity contribution >= 4 is 46.8 Å². The first kappa shape index (κ1) is 27.1. The van der Waals surface area contributed by atoms with Gasteiger partial charge < -0.3 is 10.2 Å². The van der Waals surface area contributed by atoms with Crippen LogP contribution >= 0.6 is 35.0 Å². The third-order valence-electron chi connectivity index (χ3n) is 5.75. The predicted molar refractivity (Wildman–Crippen MR) is 146 cm³/mol. The molecular formula is C28H30Cl2N2O2S. The van der Waals surface area contributed by atoms with Gasteiger partial charge in [-0.25, -0.2) is 0 Å². The van der Waals surface area contributed by atoms with E-state index in [4.69, 9.17) is 23.2 Å². The van der Waals surface area contributed by atoms with E-state index in [9.17, 15) is 9.59 Å². The standard InChI is InChI=1S/C28H30Cl2N2O2S/c1-3-20(2)31-28(34)26(17-21-9-5-4-6-10-21)32(18-22-11-7-8-12-25(22)30)27(33)19-35-24-15-13-23(29)14-16-24/h4-16,20,26H,3,17-19H2,1-2H3,(H,31,34)/t20-,26-/m1/s1. The number of carbonyl (C=O) groups is 2. The van der Waals surface area contributed by atoms with E-state index in [1.54, 1.807) is 23.1 Å². The molecule has 184 valence electrons. The third kappa shape index (κ3) is 8.31. The number of thioether (sulfide) groups is 1. The Morgan fingerprint density at radius 3 is 2.26 bits per heavy atom. The summed E-state index contributed by atoms with van der Waals surface area (Å²) in [4.78, 5) is 29.7. The summed E-state index contributed by atoms with van der Waals surface area (Å²) in [6.07, 6.45) is 1.21. The zero-order chi connectivity index (χ0) is 25.2. The largest absolute Gasteiger partial charge is 0.352 e. The lowest BCUT2D eigenvalue weighted by molar-refractivity contribution is -0.139. The highest BCUT2D eigenvalue weighted by atomic mass is 35.5. The minimum Gasteiger partial charge on any atom is -0.352 e. The van der Waals surface area contributed by atoms with Crippen LogP contribution in [-0.4, -0.2) is 34.6 Å². The summed E-state index contributed by atoms with van der Waals surface area (Å²) in [5.74, 6) is -0.112. The Labute approximate surface area is 222 Å². The monoisotopic (exact) mass is 528 g/mol. The maximum absolute atomic E-state index is 13.6. The molecular weight excluding hydrogens is 499 g/mol. The second kappa shape index (κ2) is 13.6. The molecule has 0 bridgehead atoms. The molecule has 4 nitrogen and oxygen atoms in total. The number of halogens is 2. The van der Waals surface area contributed by atoms with Crippen molar-refractivity contribution in [2.45, 2.75) is 50.2 Å². The number of rotatable bonds is 11. The van der Waals surface area contributed by atoms with Crippen LogP contribution in [0.4, 0.5) is 0 Å². The lowest BCUT2D eigenvalue weighted by Gasteiger charge is -2.32. The molecule has 3 rings (SSSR count). The number of nitrogens with one attached hydrogen (secondary N) is 1. The van der Waals surface area contributed by atoms with Crippen LogP contribution in [0.1, 0.15) is 31.4 Å². The molecule has 0 aliphatic heterocycles. The summed E-state index contributed by atoms with van der Waals surface area (Å²) in [6, 6.07) is 23.9. The van der Waals surface area contributed by atoms with Crippen molar-refractivity contribution in [2.24, 2.45) is 0 Å². The number of hydrogen-bond acceptors (Lipinski definition) is 3. The lowest BCUT2D eigenvalue weighted by atomic mass is 10.0. The lowest BCUT2D eigenvalue weighted by Crippen LogP contribution is -2.52. The third-order valence-corrected chi connectivity index (χ3v) is 7.36. The fraction of sp³-hybridized carbons (Fsp3) is 0.286. The molecule has 0 spiro atoms. The molecule has 0 saturated carbocycles. The van der Waals surface area contributed by atoms with Crippen LogP contribution in [0.2, 0.25) is 10.0 Å². The molecule has 2 atom stereocenters. The quantitative estimate of drug-likeness (QED) is 0.283. The topological polar surface area (TPSA) is 49.4 Å². The van der Waals surface area contributed by atoms with E-state index in [2.05, 4.69) is 5.32 Å². The van der Waals surface area contributed by atoms with Gasteiger partial charge in [-0.1, -0.05) is 78.7 Å². The van der Waals surface area contributed by atoms with Crippen LogP contribution < -0.4 is 5.32 Å². The van der Waals surface area contributed by atoms with Crippen LogP contribution in [0.3, 0.4) is 0 Å². The molecule has 0 fully saturated rings. The van der Waals surface area contributed by atoms with Gasteiger partial charge in [-0.2, -0.15) is 0 Å². The molecule has 2 amide bonds. The summed E-state index contributed by atoms with van der Waals surface area (Å²) in [6.45, 7) is 4.23. The summed E-state index contributed by atoms with van der Waals surface area (Å²) < 4.78 is 0. The Morgan fingerprint density at radius 1 is 0.943 bits per heavy atom. The average molecular weight is 530 g/mol. The molecule has 0 saturated heterocycles. The van der Waals surface area contributed by atoms with Crippen LogP contribution in [0.15, 0.2) is 83.8 Å². The van der Waals surface area contributed by atoms with Crippen molar-refractivity contribution in [1.29, 1.82) is 0 Å². The van der Waals surface area contributed by atoms with Gasteiger partial charge in [0.15, 0.2) is 0 Å². The van der Waals surface area contributed by atoms with Crippen LogP contribution in [-0.2, 0) is 22.6 Å². The molecule has 0 aliphatic rings. The number of carbonyl (C=O) groups excluding carboxylic acids is 2. The van der Waals surface area contributed by atoms with Gasteiger partial charge in [-0.3, -0.25) is 9.59 Å². The Kier molecular flexibility index (Phi) is 10.5. The summed E-state index contributed by atoms with van der Waals surface area (Å²) in [5.41, 5.74) is 1.78. The zero-order valence-corrected chi connectivity index (χ0v) is 22.2. The van der Waals surface area contributed by atoms with Gasteiger partial charge in [0.05, 0.1) is 5.75 Å². The first-order chi connectivity index (χ1) is 16.9. The molecule has 0 aromatic heterocycles. The van der Waals surface area contributed by atoms with E-state index >= 15 is 0 Å². The average Bonchev–Trinajstić information content (AvgIpc) is 2.87. The second-order valence-electron chi connectivity index (χ2n) is 8.38. The van der Waals surface area contributed by atoms with E-state index in [-0.39, 0.29) is 30.2 Å². The molecule has 35 heavy (non-hydrogen) atoms. The number of nitrogens with zero attached hydrogens (tertiary/aromatic N) is 1. The second-order valence-corrected chi connectivity index (χ2v) is 10.3. The van der Waals surface area contributed by atoms with Crippen LogP contribution in [0.5, 0.6) is 0 Å². The van der Waals surface area contributed by atoms with Gasteiger partial charge in [0, 0.05) is 33.9 Å². The Hall–Kier alpha value is -2.47. The van der Waals surface area contributed by atoms with Gasteiger partial charge in [-0.15, -0.1) is 11.8 Å². The van der Waals surface area contributed by atoms with E-state index in [0.717, 1.165) is 22.4 Å².